The van der Waals surface area contributed by atoms with E-state index in [0.717, 1.165) is 23.1 Å². The van der Waals surface area contributed by atoms with Gasteiger partial charge in [-0.2, -0.15) is 0 Å². The summed E-state index contributed by atoms with van der Waals surface area (Å²) in [4.78, 5) is 25.7. The van der Waals surface area contributed by atoms with Gasteiger partial charge in [-0.1, -0.05) is 36.4 Å². The number of benzene rings is 2. The van der Waals surface area contributed by atoms with Crippen LogP contribution in [0.4, 0.5) is 4.79 Å². The largest absolute Gasteiger partial charge is 0.490 e. The average molecular weight is 369 g/mol. The number of ether oxygens (including phenoxy) is 2. The first-order valence-electron chi connectivity index (χ1n) is 8.34. The molecule has 2 aromatic carbocycles. The van der Waals surface area contributed by atoms with E-state index >= 15 is 0 Å². The van der Waals surface area contributed by atoms with E-state index in [0.29, 0.717) is 30.4 Å². The molecule has 6 heteroatoms. The fraction of sp³-hybridized carbons (Fsp3) is 0.200. The topological polar surface area (TPSA) is 55.8 Å². The van der Waals surface area contributed by atoms with Crippen molar-refractivity contribution in [3.8, 4) is 11.5 Å². The van der Waals surface area contributed by atoms with Crippen molar-refractivity contribution >= 4 is 29.0 Å². The quantitative estimate of drug-likeness (QED) is 0.541. The van der Waals surface area contributed by atoms with Crippen LogP contribution in [0.15, 0.2) is 59.5 Å². The van der Waals surface area contributed by atoms with Crippen molar-refractivity contribution in [1.82, 2.24) is 4.90 Å². The highest BCUT2D eigenvalue weighted by atomic mass is 32.2. The second kappa shape index (κ2) is 8.58. The van der Waals surface area contributed by atoms with Crippen LogP contribution in [0.25, 0.3) is 6.08 Å². The molecular weight excluding hydrogens is 350 g/mol. The van der Waals surface area contributed by atoms with Gasteiger partial charge in [0.15, 0.2) is 0 Å². The minimum absolute atomic E-state index is 0.238. The normalized spacial score (nSPS) is 15.6. The van der Waals surface area contributed by atoms with Crippen molar-refractivity contribution in [2.24, 2.45) is 0 Å². The van der Waals surface area contributed by atoms with Gasteiger partial charge >= 0.3 is 0 Å². The Hall–Kier alpha value is -2.73. The minimum atomic E-state index is -0.260. The van der Waals surface area contributed by atoms with E-state index in [2.05, 4.69) is 0 Å². The SMILES string of the molecule is CCN1C(=O)S/C(=C/c2ccccc2OCCOc2ccccc2)C1=O. The zero-order valence-electron chi connectivity index (χ0n) is 14.4. The average Bonchev–Trinajstić information content (AvgIpc) is 2.93. The molecule has 1 heterocycles. The smallest absolute Gasteiger partial charge is 0.293 e. The highest BCUT2D eigenvalue weighted by Gasteiger charge is 2.33. The first-order valence-corrected chi connectivity index (χ1v) is 9.15. The highest BCUT2D eigenvalue weighted by Crippen LogP contribution is 2.33. The number of rotatable bonds is 7. The van der Waals surface area contributed by atoms with E-state index in [9.17, 15) is 9.59 Å². The number of thioether (sulfide) groups is 1. The van der Waals surface area contributed by atoms with Crippen LogP contribution < -0.4 is 9.47 Å². The summed E-state index contributed by atoms with van der Waals surface area (Å²) in [6.07, 6.45) is 1.70. The lowest BCUT2D eigenvalue weighted by atomic mass is 10.2. The molecule has 0 saturated carbocycles. The Morgan fingerprint density at radius 2 is 1.65 bits per heavy atom. The summed E-state index contributed by atoms with van der Waals surface area (Å²) in [5.74, 6) is 1.18. The molecular formula is C20H19NO4S. The van der Waals surface area contributed by atoms with Gasteiger partial charge in [-0.25, -0.2) is 0 Å². The van der Waals surface area contributed by atoms with E-state index in [1.54, 1.807) is 13.0 Å². The van der Waals surface area contributed by atoms with Gasteiger partial charge < -0.3 is 9.47 Å². The van der Waals surface area contributed by atoms with E-state index in [-0.39, 0.29) is 11.1 Å². The van der Waals surface area contributed by atoms with Crippen molar-refractivity contribution < 1.29 is 19.1 Å². The zero-order chi connectivity index (χ0) is 18.4. The Kier molecular flexibility index (Phi) is 5.96. The third-order valence-corrected chi connectivity index (χ3v) is 4.66. The molecule has 1 saturated heterocycles. The molecule has 2 amide bonds. The van der Waals surface area contributed by atoms with Gasteiger partial charge in [-0.3, -0.25) is 14.5 Å². The number of amides is 2. The number of hydrogen-bond acceptors (Lipinski definition) is 5. The summed E-state index contributed by atoms with van der Waals surface area (Å²) in [6, 6.07) is 16.9. The molecule has 0 aromatic heterocycles. The van der Waals surface area contributed by atoms with Crippen LogP contribution in [0.1, 0.15) is 12.5 Å². The molecule has 0 radical (unpaired) electrons. The number of nitrogens with zero attached hydrogens (tertiary/aromatic N) is 1. The standard InChI is InChI=1S/C20H19NO4S/c1-2-21-19(22)18(26-20(21)23)14-15-8-6-7-11-17(15)25-13-12-24-16-9-4-3-5-10-16/h3-11,14H,2,12-13H2,1H3/b18-14+. The van der Waals surface area contributed by atoms with Crippen LogP contribution in [0, 0.1) is 0 Å². The maximum absolute atomic E-state index is 12.2. The lowest BCUT2D eigenvalue weighted by molar-refractivity contribution is -0.122. The second-order valence-electron chi connectivity index (χ2n) is 5.47. The Labute approximate surface area is 156 Å². The molecule has 3 rings (SSSR count). The number of imide groups is 1. The molecule has 0 unspecified atom stereocenters. The highest BCUT2D eigenvalue weighted by molar-refractivity contribution is 8.18. The molecule has 5 nitrogen and oxygen atoms in total. The van der Waals surface area contributed by atoms with E-state index in [1.165, 1.54) is 4.90 Å². The molecule has 0 aliphatic carbocycles. The third-order valence-electron chi connectivity index (χ3n) is 3.75. The van der Waals surface area contributed by atoms with Gasteiger partial charge in [0.2, 0.25) is 0 Å². The molecule has 0 N–H and O–H groups in total. The number of carbonyl (C=O) groups excluding carboxylic acids is 2. The van der Waals surface area contributed by atoms with Crippen molar-refractivity contribution in [2.75, 3.05) is 19.8 Å². The maximum Gasteiger partial charge on any atom is 0.293 e. The monoisotopic (exact) mass is 369 g/mol. The van der Waals surface area contributed by atoms with Crippen LogP contribution in [0.5, 0.6) is 11.5 Å². The zero-order valence-corrected chi connectivity index (χ0v) is 15.2. The number of carbonyl (C=O) groups is 2. The molecule has 0 spiro atoms. The third kappa shape index (κ3) is 4.26. The summed E-state index contributed by atoms with van der Waals surface area (Å²) in [7, 11) is 0. The van der Waals surface area contributed by atoms with Crippen molar-refractivity contribution in [3.63, 3.8) is 0 Å². The number of hydrogen-bond donors (Lipinski definition) is 0. The predicted molar refractivity (Wildman–Crippen MR) is 102 cm³/mol. The Morgan fingerprint density at radius 3 is 2.38 bits per heavy atom. The number of likely N-dealkylation sites (N-methyl/N-ethyl adjacent to an activating group) is 1. The first-order chi connectivity index (χ1) is 12.7. The first kappa shape index (κ1) is 18.1. The molecule has 1 aliphatic rings. The Morgan fingerprint density at radius 1 is 0.962 bits per heavy atom. The molecule has 134 valence electrons. The lowest BCUT2D eigenvalue weighted by Crippen LogP contribution is -2.27. The number of para-hydroxylation sites is 2. The van der Waals surface area contributed by atoms with Gasteiger partial charge in [0.1, 0.15) is 24.7 Å². The van der Waals surface area contributed by atoms with Crippen molar-refractivity contribution in [1.29, 1.82) is 0 Å². The van der Waals surface area contributed by atoms with E-state index < -0.39 is 0 Å². The van der Waals surface area contributed by atoms with E-state index in [1.807, 2.05) is 54.6 Å². The molecule has 26 heavy (non-hydrogen) atoms. The van der Waals surface area contributed by atoms with Crippen molar-refractivity contribution in [2.45, 2.75) is 6.92 Å². The Balaban J connectivity index is 1.64. The maximum atomic E-state index is 12.2. The fourth-order valence-corrected chi connectivity index (χ4v) is 3.37. The molecule has 0 bridgehead atoms. The molecule has 0 atom stereocenters. The van der Waals surface area contributed by atoms with Gasteiger partial charge in [0, 0.05) is 12.1 Å². The predicted octanol–water partition coefficient (Wildman–Crippen LogP) is 4.20. The summed E-state index contributed by atoms with van der Waals surface area (Å²) in [6.45, 7) is 2.93. The van der Waals surface area contributed by atoms with Crippen LogP contribution in [-0.2, 0) is 4.79 Å². The second-order valence-corrected chi connectivity index (χ2v) is 6.47. The van der Waals surface area contributed by atoms with Gasteiger partial charge in [0.25, 0.3) is 11.1 Å². The summed E-state index contributed by atoms with van der Waals surface area (Å²) in [5.41, 5.74) is 0.758. The minimum Gasteiger partial charge on any atom is -0.490 e. The van der Waals surface area contributed by atoms with Gasteiger partial charge in [0.05, 0.1) is 4.91 Å². The van der Waals surface area contributed by atoms with E-state index in [4.69, 9.17) is 9.47 Å². The van der Waals surface area contributed by atoms with Gasteiger partial charge in [-0.15, -0.1) is 0 Å². The molecule has 1 aliphatic heterocycles. The van der Waals surface area contributed by atoms with Crippen LogP contribution >= 0.6 is 11.8 Å². The molecule has 2 aromatic rings. The van der Waals surface area contributed by atoms with Crippen LogP contribution in [0.2, 0.25) is 0 Å². The van der Waals surface area contributed by atoms with Gasteiger partial charge in [-0.05, 0) is 43.0 Å². The summed E-state index contributed by atoms with van der Waals surface area (Å²) < 4.78 is 11.4. The Bertz CT molecular complexity index is 820. The lowest BCUT2D eigenvalue weighted by Gasteiger charge is -2.11. The van der Waals surface area contributed by atoms with Crippen LogP contribution in [0.3, 0.4) is 0 Å². The van der Waals surface area contributed by atoms with Crippen molar-refractivity contribution in [3.05, 3.63) is 65.1 Å². The molecule has 1 fully saturated rings. The van der Waals surface area contributed by atoms with Crippen LogP contribution in [-0.4, -0.2) is 35.8 Å². The summed E-state index contributed by atoms with van der Waals surface area (Å²) in [5, 5.41) is -0.238. The summed E-state index contributed by atoms with van der Waals surface area (Å²) >= 11 is 0.954. The fourth-order valence-electron chi connectivity index (χ4n) is 2.47.